The highest BCUT2D eigenvalue weighted by atomic mass is 16.3. The van der Waals surface area contributed by atoms with Gasteiger partial charge in [-0.25, -0.2) is 0 Å². The van der Waals surface area contributed by atoms with Gasteiger partial charge in [-0.3, -0.25) is 9.88 Å². The van der Waals surface area contributed by atoms with E-state index in [2.05, 4.69) is 9.88 Å². The Morgan fingerprint density at radius 3 is 2.80 bits per heavy atom. The highest BCUT2D eigenvalue weighted by Crippen LogP contribution is 2.25. The Balaban J connectivity index is 1.90. The first-order valence-electron chi connectivity index (χ1n) is 5.48. The lowest BCUT2D eigenvalue weighted by molar-refractivity contribution is -0.103. The lowest BCUT2D eigenvalue weighted by Crippen LogP contribution is -2.60. The summed E-state index contributed by atoms with van der Waals surface area (Å²) in [7, 11) is 0. The lowest BCUT2D eigenvalue weighted by Gasteiger charge is -2.46. The van der Waals surface area contributed by atoms with Gasteiger partial charge in [-0.15, -0.1) is 0 Å². The van der Waals surface area contributed by atoms with Crippen molar-refractivity contribution in [3.8, 4) is 0 Å². The fraction of sp³-hybridized carbons (Fsp3) is 0.583. The van der Waals surface area contributed by atoms with Crippen LogP contribution in [0.15, 0.2) is 18.2 Å². The number of β-amino-alcohol motifs (C(OH)–C–C–N with tert-alkyl or cyclic N) is 1. The molecule has 0 aromatic carbocycles. The summed E-state index contributed by atoms with van der Waals surface area (Å²) in [5.74, 6) is 0. The van der Waals surface area contributed by atoms with Gasteiger partial charge < -0.3 is 5.11 Å². The summed E-state index contributed by atoms with van der Waals surface area (Å²) in [6.07, 6.45) is 0.838. The molecule has 0 atom stereocenters. The van der Waals surface area contributed by atoms with E-state index in [-0.39, 0.29) is 0 Å². The maximum Gasteiger partial charge on any atom is 0.0897 e. The Morgan fingerprint density at radius 1 is 1.47 bits per heavy atom. The number of aliphatic hydroxyl groups is 1. The number of aromatic nitrogens is 1. The number of likely N-dealkylation sites (tertiary alicyclic amines) is 1. The number of pyridine rings is 1. The molecular weight excluding hydrogens is 188 g/mol. The molecule has 15 heavy (non-hydrogen) atoms. The summed E-state index contributed by atoms with van der Waals surface area (Å²) in [6.45, 7) is 6.44. The molecule has 2 rings (SSSR count). The van der Waals surface area contributed by atoms with E-state index in [1.54, 1.807) is 0 Å². The van der Waals surface area contributed by atoms with Gasteiger partial charge in [0.2, 0.25) is 0 Å². The van der Waals surface area contributed by atoms with Crippen molar-refractivity contribution >= 4 is 0 Å². The molecule has 0 unspecified atom stereocenters. The SMILES string of the molecule is CCC1(O)CN(Cc2cccc(C)n2)C1. The van der Waals surface area contributed by atoms with E-state index in [0.717, 1.165) is 37.4 Å². The monoisotopic (exact) mass is 206 g/mol. The fourth-order valence-electron chi connectivity index (χ4n) is 2.04. The third-order valence-electron chi connectivity index (χ3n) is 3.03. The van der Waals surface area contributed by atoms with Crippen molar-refractivity contribution in [1.82, 2.24) is 9.88 Å². The molecule has 2 heterocycles. The summed E-state index contributed by atoms with van der Waals surface area (Å²) in [5, 5.41) is 9.86. The minimum Gasteiger partial charge on any atom is -0.387 e. The molecule has 0 bridgehead atoms. The topological polar surface area (TPSA) is 36.4 Å². The van der Waals surface area contributed by atoms with Crippen molar-refractivity contribution in [3.05, 3.63) is 29.6 Å². The van der Waals surface area contributed by atoms with Crippen molar-refractivity contribution in [3.63, 3.8) is 0 Å². The Labute approximate surface area is 90.8 Å². The average molecular weight is 206 g/mol. The van der Waals surface area contributed by atoms with Crippen LogP contribution in [-0.4, -0.2) is 33.7 Å². The van der Waals surface area contributed by atoms with Gasteiger partial charge in [-0.1, -0.05) is 13.0 Å². The van der Waals surface area contributed by atoms with Gasteiger partial charge in [0.15, 0.2) is 0 Å². The van der Waals surface area contributed by atoms with Gasteiger partial charge >= 0.3 is 0 Å². The zero-order chi connectivity index (χ0) is 10.9. The first kappa shape index (κ1) is 10.6. The Bertz CT molecular complexity index is 345. The summed E-state index contributed by atoms with van der Waals surface area (Å²) < 4.78 is 0. The summed E-state index contributed by atoms with van der Waals surface area (Å²) in [6, 6.07) is 6.07. The van der Waals surface area contributed by atoms with Crippen LogP contribution in [0.3, 0.4) is 0 Å². The molecule has 1 aromatic rings. The number of nitrogens with zero attached hydrogens (tertiary/aromatic N) is 2. The van der Waals surface area contributed by atoms with E-state index >= 15 is 0 Å². The van der Waals surface area contributed by atoms with Crippen LogP contribution in [0.2, 0.25) is 0 Å². The van der Waals surface area contributed by atoms with Crippen LogP contribution in [0.25, 0.3) is 0 Å². The maximum atomic E-state index is 9.86. The predicted molar refractivity (Wildman–Crippen MR) is 59.5 cm³/mol. The molecule has 3 heteroatoms. The van der Waals surface area contributed by atoms with Crippen LogP contribution >= 0.6 is 0 Å². The average Bonchev–Trinajstić information content (AvgIpc) is 2.15. The van der Waals surface area contributed by atoms with Crippen molar-refractivity contribution in [2.75, 3.05) is 13.1 Å². The normalized spacial score (nSPS) is 19.9. The van der Waals surface area contributed by atoms with Crippen LogP contribution in [0.5, 0.6) is 0 Å². The minimum atomic E-state index is -0.441. The predicted octanol–water partition coefficient (Wildman–Crippen LogP) is 1.35. The quantitative estimate of drug-likeness (QED) is 0.811. The maximum absolute atomic E-state index is 9.86. The molecule has 0 saturated carbocycles. The standard InChI is InChI=1S/C12H18N2O/c1-3-12(15)8-14(9-12)7-11-6-4-5-10(2)13-11/h4-6,15H,3,7-9H2,1-2H3. The summed E-state index contributed by atoms with van der Waals surface area (Å²) >= 11 is 0. The highest BCUT2D eigenvalue weighted by molar-refractivity contribution is 5.11. The van der Waals surface area contributed by atoms with Gasteiger partial charge in [0.25, 0.3) is 0 Å². The fourth-order valence-corrected chi connectivity index (χ4v) is 2.04. The Hall–Kier alpha value is -0.930. The zero-order valence-corrected chi connectivity index (χ0v) is 9.40. The number of hydrogen-bond acceptors (Lipinski definition) is 3. The van der Waals surface area contributed by atoms with Crippen LogP contribution in [0.1, 0.15) is 24.7 Å². The molecule has 0 radical (unpaired) electrons. The van der Waals surface area contributed by atoms with Gasteiger partial charge in [0.1, 0.15) is 0 Å². The summed E-state index contributed by atoms with van der Waals surface area (Å²) in [5.41, 5.74) is 1.70. The second-order valence-electron chi connectivity index (χ2n) is 4.49. The van der Waals surface area contributed by atoms with E-state index in [0.29, 0.717) is 0 Å². The van der Waals surface area contributed by atoms with Gasteiger partial charge in [-0.2, -0.15) is 0 Å². The molecule has 3 nitrogen and oxygen atoms in total. The third kappa shape index (κ3) is 2.36. The van der Waals surface area contributed by atoms with E-state index < -0.39 is 5.60 Å². The molecule has 1 aliphatic rings. The highest BCUT2D eigenvalue weighted by Gasteiger charge is 2.39. The number of rotatable bonds is 3. The second-order valence-corrected chi connectivity index (χ2v) is 4.49. The first-order valence-corrected chi connectivity index (χ1v) is 5.48. The molecule has 1 fully saturated rings. The molecule has 0 aliphatic carbocycles. The minimum absolute atomic E-state index is 0.441. The molecule has 0 amide bonds. The van der Waals surface area contributed by atoms with E-state index in [4.69, 9.17) is 0 Å². The van der Waals surface area contributed by atoms with Crippen LogP contribution in [-0.2, 0) is 6.54 Å². The van der Waals surface area contributed by atoms with Crippen molar-refractivity contribution in [2.45, 2.75) is 32.4 Å². The van der Waals surface area contributed by atoms with Crippen molar-refractivity contribution in [2.24, 2.45) is 0 Å². The van der Waals surface area contributed by atoms with Crippen LogP contribution in [0, 0.1) is 6.92 Å². The molecule has 0 spiro atoms. The second kappa shape index (κ2) is 3.91. The molecule has 1 saturated heterocycles. The largest absolute Gasteiger partial charge is 0.387 e. The van der Waals surface area contributed by atoms with E-state index in [1.807, 2.05) is 32.0 Å². The molecule has 1 aliphatic heterocycles. The Morgan fingerprint density at radius 2 is 2.20 bits per heavy atom. The first-order chi connectivity index (χ1) is 7.11. The molecular formula is C12H18N2O. The van der Waals surface area contributed by atoms with E-state index in [9.17, 15) is 5.11 Å². The van der Waals surface area contributed by atoms with E-state index in [1.165, 1.54) is 0 Å². The third-order valence-corrected chi connectivity index (χ3v) is 3.03. The van der Waals surface area contributed by atoms with Crippen LogP contribution < -0.4 is 0 Å². The molecule has 82 valence electrons. The van der Waals surface area contributed by atoms with Gasteiger partial charge in [0, 0.05) is 25.3 Å². The van der Waals surface area contributed by atoms with Gasteiger partial charge in [0.05, 0.1) is 11.3 Å². The lowest BCUT2D eigenvalue weighted by atomic mass is 9.91. The van der Waals surface area contributed by atoms with Gasteiger partial charge in [-0.05, 0) is 25.5 Å². The zero-order valence-electron chi connectivity index (χ0n) is 9.40. The molecule has 1 aromatic heterocycles. The van der Waals surface area contributed by atoms with Crippen molar-refractivity contribution < 1.29 is 5.11 Å². The summed E-state index contributed by atoms with van der Waals surface area (Å²) in [4.78, 5) is 6.67. The van der Waals surface area contributed by atoms with Crippen molar-refractivity contribution in [1.29, 1.82) is 0 Å². The smallest absolute Gasteiger partial charge is 0.0897 e. The Kier molecular flexibility index (Phi) is 2.76. The van der Waals surface area contributed by atoms with Crippen LogP contribution in [0.4, 0.5) is 0 Å². The number of aryl methyl sites for hydroxylation is 1. The number of hydrogen-bond donors (Lipinski definition) is 1. The molecule has 1 N–H and O–H groups in total.